The van der Waals surface area contributed by atoms with E-state index in [1.807, 2.05) is 0 Å². The third kappa shape index (κ3) is 3.88. The van der Waals surface area contributed by atoms with E-state index in [1.54, 1.807) is 24.3 Å². The van der Waals surface area contributed by atoms with Gasteiger partial charge in [-0.15, -0.1) is 0 Å². The van der Waals surface area contributed by atoms with Crippen molar-refractivity contribution in [2.24, 2.45) is 11.5 Å². The quantitative estimate of drug-likeness (QED) is 0.841. The van der Waals surface area contributed by atoms with Gasteiger partial charge in [0.2, 0.25) is 5.91 Å². The van der Waals surface area contributed by atoms with Crippen molar-refractivity contribution < 1.29 is 18.7 Å². The Morgan fingerprint density at radius 3 is 2.52 bits per heavy atom. The number of carbonyl (C=O) groups excluding carboxylic acids is 2. The van der Waals surface area contributed by atoms with Crippen molar-refractivity contribution in [3.8, 4) is 5.75 Å². The van der Waals surface area contributed by atoms with Crippen LogP contribution in [0.2, 0.25) is 0 Å². The highest BCUT2D eigenvalue weighted by atomic mass is 19.1. The molecule has 7 heteroatoms. The molecule has 0 aromatic heterocycles. The second-order valence-electron chi connectivity index (χ2n) is 5.09. The highest BCUT2D eigenvalue weighted by molar-refractivity contribution is 5.88. The van der Waals surface area contributed by atoms with Crippen LogP contribution in [0.3, 0.4) is 0 Å². The summed E-state index contributed by atoms with van der Waals surface area (Å²) in [7, 11) is 1.53. The largest absolute Gasteiger partial charge is 0.497 e. The van der Waals surface area contributed by atoms with Crippen LogP contribution in [0, 0.1) is 5.82 Å². The highest BCUT2D eigenvalue weighted by Crippen LogP contribution is 2.26. The fourth-order valence-electron chi connectivity index (χ4n) is 2.41. The topological polar surface area (TPSA) is 98.7 Å². The van der Waals surface area contributed by atoms with E-state index >= 15 is 0 Å². The molecule has 0 atom stereocenters. The lowest BCUT2D eigenvalue weighted by Crippen LogP contribution is -2.42. The first-order valence-electron chi connectivity index (χ1n) is 7.00. The van der Waals surface area contributed by atoms with E-state index in [1.165, 1.54) is 13.2 Å². The zero-order valence-electron chi connectivity index (χ0n) is 12.7. The second-order valence-corrected chi connectivity index (χ2v) is 5.09. The molecule has 0 spiro atoms. The first-order valence-corrected chi connectivity index (χ1v) is 7.00. The van der Waals surface area contributed by atoms with Gasteiger partial charge in [0.1, 0.15) is 18.1 Å². The van der Waals surface area contributed by atoms with Gasteiger partial charge >= 0.3 is 6.03 Å². The molecule has 0 aliphatic rings. The van der Waals surface area contributed by atoms with Gasteiger partial charge in [-0.25, -0.2) is 9.18 Å². The van der Waals surface area contributed by atoms with Gasteiger partial charge in [-0.3, -0.25) is 4.79 Å². The van der Waals surface area contributed by atoms with Crippen molar-refractivity contribution in [1.82, 2.24) is 4.90 Å². The van der Waals surface area contributed by atoms with Gasteiger partial charge in [-0.2, -0.15) is 0 Å². The normalized spacial score (nSPS) is 10.5. The van der Waals surface area contributed by atoms with Gasteiger partial charge in [0.15, 0.2) is 0 Å². The minimum atomic E-state index is -0.729. The smallest absolute Gasteiger partial charge is 0.315 e. The third-order valence-corrected chi connectivity index (χ3v) is 3.57. The number of primary amides is 2. The molecule has 0 heterocycles. The van der Waals surface area contributed by atoms with Gasteiger partial charge in [0.05, 0.1) is 7.11 Å². The summed E-state index contributed by atoms with van der Waals surface area (Å²) in [5, 5.41) is 1.15. The van der Waals surface area contributed by atoms with Crippen LogP contribution in [0.15, 0.2) is 30.3 Å². The van der Waals surface area contributed by atoms with Gasteiger partial charge in [-0.05, 0) is 41.6 Å². The zero-order chi connectivity index (χ0) is 17.0. The minimum Gasteiger partial charge on any atom is -0.497 e. The highest BCUT2D eigenvalue weighted by Gasteiger charge is 2.14. The maximum Gasteiger partial charge on any atom is 0.315 e. The molecular weight excluding hydrogens is 301 g/mol. The summed E-state index contributed by atoms with van der Waals surface area (Å²) >= 11 is 0. The van der Waals surface area contributed by atoms with E-state index in [2.05, 4.69) is 0 Å². The lowest BCUT2D eigenvalue weighted by atomic mass is 10.0. The molecule has 0 saturated carbocycles. The van der Waals surface area contributed by atoms with Crippen molar-refractivity contribution in [3.63, 3.8) is 0 Å². The maximum atomic E-state index is 13.9. The van der Waals surface area contributed by atoms with Crippen LogP contribution >= 0.6 is 0 Å². The fourth-order valence-corrected chi connectivity index (χ4v) is 2.41. The molecule has 0 fully saturated rings. The molecule has 0 bridgehead atoms. The summed E-state index contributed by atoms with van der Waals surface area (Å²) < 4.78 is 19.1. The van der Waals surface area contributed by atoms with Crippen LogP contribution < -0.4 is 16.2 Å². The predicted octanol–water partition coefficient (Wildman–Crippen LogP) is 1.40. The molecule has 0 aliphatic heterocycles. The molecular formula is C16H18FN3O3. The number of methoxy groups -OCH3 is 1. The van der Waals surface area contributed by atoms with Crippen LogP contribution in [0.25, 0.3) is 10.8 Å². The molecule has 3 amide bonds. The Bertz CT molecular complexity index is 749. The van der Waals surface area contributed by atoms with E-state index in [-0.39, 0.29) is 18.9 Å². The van der Waals surface area contributed by atoms with E-state index in [0.29, 0.717) is 22.9 Å². The molecule has 23 heavy (non-hydrogen) atoms. The van der Waals surface area contributed by atoms with Crippen LogP contribution in [0.1, 0.15) is 5.56 Å². The molecule has 2 rings (SSSR count). The average molecular weight is 319 g/mol. The number of hydrogen-bond acceptors (Lipinski definition) is 3. The van der Waals surface area contributed by atoms with Crippen molar-refractivity contribution in [3.05, 3.63) is 41.7 Å². The first-order chi connectivity index (χ1) is 10.9. The Morgan fingerprint density at radius 1 is 1.17 bits per heavy atom. The number of benzene rings is 2. The van der Waals surface area contributed by atoms with Gasteiger partial charge in [-0.1, -0.05) is 6.07 Å². The van der Waals surface area contributed by atoms with Crippen molar-refractivity contribution in [2.45, 2.75) is 6.42 Å². The average Bonchev–Trinajstić information content (AvgIpc) is 2.52. The summed E-state index contributed by atoms with van der Waals surface area (Å²) in [6.45, 7) is -0.0476. The number of rotatable bonds is 6. The second kappa shape index (κ2) is 6.95. The number of ether oxygens (including phenoxy) is 1. The van der Waals surface area contributed by atoms with Crippen molar-refractivity contribution in [1.29, 1.82) is 0 Å². The Kier molecular flexibility index (Phi) is 5.00. The zero-order valence-corrected chi connectivity index (χ0v) is 12.7. The number of carbonyl (C=O) groups is 2. The lowest BCUT2D eigenvalue weighted by molar-refractivity contribution is -0.118. The molecule has 2 aromatic carbocycles. The van der Waals surface area contributed by atoms with Crippen LogP contribution in [-0.2, 0) is 11.2 Å². The predicted molar refractivity (Wildman–Crippen MR) is 84.5 cm³/mol. The summed E-state index contributed by atoms with van der Waals surface area (Å²) in [6.07, 6.45) is 0.403. The number of fused-ring (bicyclic) bond motifs is 1. The molecule has 0 saturated heterocycles. The van der Waals surface area contributed by atoms with E-state index in [0.717, 1.165) is 10.5 Å². The Hall–Kier alpha value is -2.83. The molecule has 4 N–H and O–H groups in total. The summed E-state index contributed by atoms with van der Waals surface area (Å²) in [5.41, 5.74) is 11.1. The van der Waals surface area contributed by atoms with Crippen LogP contribution in [-0.4, -0.2) is 37.0 Å². The van der Waals surface area contributed by atoms with Crippen LogP contribution in [0.4, 0.5) is 9.18 Å². The van der Waals surface area contributed by atoms with E-state index in [9.17, 15) is 14.0 Å². The van der Waals surface area contributed by atoms with Gasteiger partial charge in [0.25, 0.3) is 0 Å². The molecule has 2 aromatic rings. The SMILES string of the molecule is COc1ccc2c(F)ccc(CCN(CC(N)=O)C(N)=O)c2c1. The van der Waals surface area contributed by atoms with Gasteiger partial charge in [0, 0.05) is 11.9 Å². The number of amides is 3. The number of hydrogen-bond donors (Lipinski definition) is 2. The van der Waals surface area contributed by atoms with E-state index < -0.39 is 11.9 Å². The first kappa shape index (κ1) is 16.5. The Labute approximate surface area is 132 Å². The van der Waals surface area contributed by atoms with Gasteiger partial charge < -0.3 is 21.1 Å². The number of nitrogens with zero attached hydrogens (tertiary/aromatic N) is 1. The summed E-state index contributed by atoms with van der Waals surface area (Å²) in [4.78, 5) is 23.5. The monoisotopic (exact) mass is 319 g/mol. The Balaban J connectivity index is 2.30. The molecule has 0 aliphatic carbocycles. The summed E-state index contributed by atoms with van der Waals surface area (Å²) in [6, 6.07) is 7.33. The van der Waals surface area contributed by atoms with Crippen LogP contribution in [0.5, 0.6) is 5.75 Å². The molecule has 0 radical (unpaired) electrons. The molecule has 6 nitrogen and oxygen atoms in total. The number of urea groups is 1. The van der Waals surface area contributed by atoms with Crippen molar-refractivity contribution in [2.75, 3.05) is 20.2 Å². The lowest BCUT2D eigenvalue weighted by Gasteiger charge is -2.19. The molecule has 122 valence electrons. The maximum absolute atomic E-state index is 13.9. The van der Waals surface area contributed by atoms with E-state index in [4.69, 9.17) is 16.2 Å². The Morgan fingerprint density at radius 2 is 1.91 bits per heavy atom. The molecule has 0 unspecified atom stereocenters. The van der Waals surface area contributed by atoms with Crippen molar-refractivity contribution >= 4 is 22.7 Å². The standard InChI is InChI=1S/C16H18FN3O3/c1-23-11-3-4-12-13(8-11)10(2-5-14(12)17)6-7-20(16(19)22)9-15(18)21/h2-5,8H,6-7,9H2,1H3,(H2,18,21)(H2,19,22). The fraction of sp³-hybridized carbons (Fsp3) is 0.250. The minimum absolute atomic E-state index is 0.205. The number of halogens is 1. The summed E-state index contributed by atoms with van der Waals surface area (Å²) in [5.74, 6) is -0.377. The number of nitrogens with two attached hydrogens (primary N) is 2. The third-order valence-electron chi connectivity index (χ3n) is 3.57.